The number of hydrogen-bond donors (Lipinski definition) is 0. The zero-order valence-electron chi connectivity index (χ0n) is 11.0. The molecule has 0 bridgehead atoms. The highest BCUT2D eigenvalue weighted by atomic mass is 16.5. The minimum Gasteiger partial charge on any atom is -0.370 e. The van der Waals surface area contributed by atoms with Crippen LogP contribution in [0.1, 0.15) is 48.0 Å². The molecule has 0 aliphatic carbocycles. The smallest absolute Gasteiger partial charge is 0.164 e. The second-order valence-electron chi connectivity index (χ2n) is 5.27. The third-order valence-corrected chi connectivity index (χ3v) is 2.45. The van der Waals surface area contributed by atoms with Gasteiger partial charge in [0.05, 0.1) is 0 Å². The second kappa shape index (κ2) is 7.00. The standard InChI is InChI=1S/C13H26O2/c1-9(2)7-8-15-13(11(5)6)12(14)10(3)4/h9-11,13H,7-8H2,1-6H3/t13-/m0/s1. The van der Waals surface area contributed by atoms with Gasteiger partial charge in [-0.15, -0.1) is 0 Å². The predicted molar refractivity (Wildman–Crippen MR) is 63.9 cm³/mol. The summed E-state index contributed by atoms with van der Waals surface area (Å²) in [4.78, 5) is 11.8. The Labute approximate surface area is 94.4 Å². The van der Waals surface area contributed by atoms with Crippen molar-refractivity contribution in [2.75, 3.05) is 6.61 Å². The van der Waals surface area contributed by atoms with Crippen LogP contribution < -0.4 is 0 Å². The summed E-state index contributed by atoms with van der Waals surface area (Å²) in [5.41, 5.74) is 0. The molecule has 0 heterocycles. The summed E-state index contributed by atoms with van der Waals surface area (Å²) in [6.07, 6.45) is 0.804. The SMILES string of the molecule is CC(C)CCO[C@H](C(=O)C(C)C)C(C)C. The molecule has 2 nitrogen and oxygen atoms in total. The van der Waals surface area contributed by atoms with Crippen molar-refractivity contribution in [2.24, 2.45) is 17.8 Å². The van der Waals surface area contributed by atoms with Gasteiger partial charge in [0, 0.05) is 12.5 Å². The van der Waals surface area contributed by atoms with E-state index in [1.54, 1.807) is 0 Å². The lowest BCUT2D eigenvalue weighted by atomic mass is 9.95. The third-order valence-electron chi connectivity index (χ3n) is 2.45. The van der Waals surface area contributed by atoms with E-state index in [1.165, 1.54) is 0 Å². The van der Waals surface area contributed by atoms with Crippen LogP contribution in [-0.2, 0) is 9.53 Å². The van der Waals surface area contributed by atoms with Crippen LogP contribution in [0.25, 0.3) is 0 Å². The molecule has 15 heavy (non-hydrogen) atoms. The van der Waals surface area contributed by atoms with Crippen LogP contribution in [0.3, 0.4) is 0 Å². The maximum absolute atomic E-state index is 11.8. The molecule has 0 aromatic heterocycles. The number of carbonyl (C=O) groups excluding carboxylic acids is 1. The highest BCUT2D eigenvalue weighted by Gasteiger charge is 2.24. The zero-order valence-corrected chi connectivity index (χ0v) is 11.0. The molecule has 0 saturated heterocycles. The Hall–Kier alpha value is -0.370. The van der Waals surface area contributed by atoms with E-state index in [2.05, 4.69) is 13.8 Å². The molecule has 2 heteroatoms. The summed E-state index contributed by atoms with van der Waals surface area (Å²) in [6.45, 7) is 13.0. The Morgan fingerprint density at radius 2 is 1.60 bits per heavy atom. The molecule has 0 aliphatic rings. The monoisotopic (exact) mass is 214 g/mol. The largest absolute Gasteiger partial charge is 0.370 e. The number of ketones is 1. The summed E-state index contributed by atoms with van der Waals surface area (Å²) in [5.74, 6) is 1.20. The van der Waals surface area contributed by atoms with E-state index in [9.17, 15) is 4.79 Å². The Kier molecular flexibility index (Phi) is 6.82. The van der Waals surface area contributed by atoms with Gasteiger partial charge in [-0.25, -0.2) is 0 Å². The number of hydrogen-bond acceptors (Lipinski definition) is 2. The molecular formula is C13H26O2. The van der Waals surface area contributed by atoms with Crippen molar-refractivity contribution in [1.29, 1.82) is 0 Å². The van der Waals surface area contributed by atoms with Gasteiger partial charge in [-0.1, -0.05) is 41.5 Å². The molecule has 0 spiro atoms. The number of ether oxygens (including phenoxy) is 1. The van der Waals surface area contributed by atoms with Crippen LogP contribution in [0.5, 0.6) is 0 Å². The second-order valence-corrected chi connectivity index (χ2v) is 5.27. The fourth-order valence-electron chi connectivity index (χ4n) is 1.36. The normalized spacial score (nSPS) is 13.9. The Morgan fingerprint density at radius 1 is 1.07 bits per heavy atom. The van der Waals surface area contributed by atoms with Crippen molar-refractivity contribution in [3.05, 3.63) is 0 Å². The molecule has 0 amide bonds. The van der Waals surface area contributed by atoms with Gasteiger partial charge < -0.3 is 4.74 Å². The minimum atomic E-state index is -0.219. The van der Waals surface area contributed by atoms with Gasteiger partial charge in [0.2, 0.25) is 0 Å². The molecule has 0 aromatic rings. The van der Waals surface area contributed by atoms with Crippen LogP contribution in [0, 0.1) is 17.8 Å². The van der Waals surface area contributed by atoms with Crippen molar-refractivity contribution in [1.82, 2.24) is 0 Å². The lowest BCUT2D eigenvalue weighted by Crippen LogP contribution is -2.33. The lowest BCUT2D eigenvalue weighted by Gasteiger charge is -2.22. The van der Waals surface area contributed by atoms with Crippen molar-refractivity contribution in [3.63, 3.8) is 0 Å². The first-order chi connectivity index (χ1) is 6.86. The van der Waals surface area contributed by atoms with E-state index < -0.39 is 0 Å². The number of Topliss-reactive ketones (excluding diaryl/α,β-unsaturated/α-hetero) is 1. The summed E-state index contributed by atoms with van der Waals surface area (Å²) in [5, 5.41) is 0. The highest BCUT2D eigenvalue weighted by molar-refractivity contribution is 5.85. The van der Waals surface area contributed by atoms with E-state index in [-0.39, 0.29) is 23.7 Å². The van der Waals surface area contributed by atoms with Crippen LogP contribution in [0.2, 0.25) is 0 Å². The molecule has 0 N–H and O–H groups in total. The maximum Gasteiger partial charge on any atom is 0.164 e. The van der Waals surface area contributed by atoms with Gasteiger partial charge in [0.15, 0.2) is 5.78 Å². The molecule has 90 valence electrons. The summed E-state index contributed by atoms with van der Waals surface area (Å²) >= 11 is 0. The first-order valence-corrected chi connectivity index (χ1v) is 6.01. The van der Waals surface area contributed by atoms with Crippen LogP contribution >= 0.6 is 0 Å². The molecular weight excluding hydrogens is 188 g/mol. The Morgan fingerprint density at radius 3 is 1.93 bits per heavy atom. The van der Waals surface area contributed by atoms with Gasteiger partial charge in [0.25, 0.3) is 0 Å². The van der Waals surface area contributed by atoms with E-state index in [1.807, 2.05) is 27.7 Å². The third kappa shape index (κ3) is 5.93. The molecule has 0 unspecified atom stereocenters. The van der Waals surface area contributed by atoms with E-state index >= 15 is 0 Å². The van der Waals surface area contributed by atoms with Crippen LogP contribution in [0.4, 0.5) is 0 Å². The molecule has 0 aromatic carbocycles. The van der Waals surface area contributed by atoms with Gasteiger partial charge in [-0.2, -0.15) is 0 Å². The fraction of sp³-hybridized carbons (Fsp3) is 0.923. The summed E-state index contributed by atoms with van der Waals surface area (Å²) in [6, 6.07) is 0. The molecule has 1 atom stereocenters. The first kappa shape index (κ1) is 14.6. The Bertz CT molecular complexity index is 183. The lowest BCUT2D eigenvalue weighted by molar-refractivity contribution is -0.136. The highest BCUT2D eigenvalue weighted by Crippen LogP contribution is 2.14. The predicted octanol–water partition coefficient (Wildman–Crippen LogP) is 3.30. The summed E-state index contributed by atoms with van der Waals surface area (Å²) < 4.78 is 5.69. The average molecular weight is 214 g/mol. The maximum atomic E-state index is 11.8. The quantitative estimate of drug-likeness (QED) is 0.650. The van der Waals surface area contributed by atoms with E-state index in [0.717, 1.165) is 6.42 Å². The van der Waals surface area contributed by atoms with Crippen LogP contribution in [-0.4, -0.2) is 18.5 Å². The molecule has 0 rings (SSSR count). The van der Waals surface area contributed by atoms with E-state index in [4.69, 9.17) is 4.74 Å². The number of rotatable bonds is 7. The van der Waals surface area contributed by atoms with Crippen molar-refractivity contribution in [3.8, 4) is 0 Å². The molecule has 0 saturated carbocycles. The zero-order chi connectivity index (χ0) is 12.0. The van der Waals surface area contributed by atoms with Gasteiger partial charge in [0.1, 0.15) is 6.10 Å². The fourth-order valence-corrected chi connectivity index (χ4v) is 1.36. The topological polar surface area (TPSA) is 26.3 Å². The van der Waals surface area contributed by atoms with Gasteiger partial charge in [-0.3, -0.25) is 4.79 Å². The van der Waals surface area contributed by atoms with Crippen LogP contribution in [0.15, 0.2) is 0 Å². The Balaban J connectivity index is 4.11. The van der Waals surface area contributed by atoms with E-state index in [0.29, 0.717) is 12.5 Å². The molecule has 0 fully saturated rings. The molecule has 0 aliphatic heterocycles. The minimum absolute atomic E-state index is 0.0662. The van der Waals surface area contributed by atoms with Crippen molar-refractivity contribution >= 4 is 5.78 Å². The van der Waals surface area contributed by atoms with Gasteiger partial charge >= 0.3 is 0 Å². The van der Waals surface area contributed by atoms with Crippen molar-refractivity contribution in [2.45, 2.75) is 54.1 Å². The van der Waals surface area contributed by atoms with Crippen molar-refractivity contribution < 1.29 is 9.53 Å². The molecule has 0 radical (unpaired) electrons. The summed E-state index contributed by atoms with van der Waals surface area (Å²) in [7, 11) is 0. The average Bonchev–Trinajstić information content (AvgIpc) is 2.10. The first-order valence-electron chi connectivity index (χ1n) is 6.01. The number of carbonyl (C=O) groups is 1. The van der Waals surface area contributed by atoms with Gasteiger partial charge in [-0.05, 0) is 18.3 Å².